The van der Waals surface area contributed by atoms with Gasteiger partial charge in [0.25, 0.3) is 0 Å². The molecule has 6 rings (SSSR count). The summed E-state index contributed by atoms with van der Waals surface area (Å²) in [6, 6.07) is 22.4. The van der Waals surface area contributed by atoms with Gasteiger partial charge in [0.15, 0.2) is 21.1 Å². The van der Waals surface area contributed by atoms with Crippen molar-refractivity contribution in [1.82, 2.24) is 29.5 Å². The molecule has 12 heteroatoms. The van der Waals surface area contributed by atoms with Crippen LogP contribution >= 0.6 is 24.4 Å². The van der Waals surface area contributed by atoms with Crippen LogP contribution in [-0.2, 0) is 0 Å². The number of benzene rings is 2. The smallest absolute Gasteiger partial charge is 0.202 e. The van der Waals surface area contributed by atoms with Crippen LogP contribution in [0.4, 0.5) is 0 Å². The Labute approximate surface area is 227 Å². The molecule has 192 valence electrons. The van der Waals surface area contributed by atoms with Gasteiger partial charge < -0.3 is 18.3 Å². The zero-order valence-corrected chi connectivity index (χ0v) is 22.0. The zero-order valence-electron chi connectivity index (χ0n) is 20.3. The van der Waals surface area contributed by atoms with E-state index in [0.29, 0.717) is 32.7 Å². The second-order valence-corrected chi connectivity index (χ2v) is 8.50. The molecular formula is C26H22N6O4S2. The lowest BCUT2D eigenvalue weighted by molar-refractivity contribution is 0.414. The second kappa shape index (κ2) is 11.2. The molecule has 0 amide bonds. The third-order valence-corrected chi connectivity index (χ3v) is 6.04. The van der Waals surface area contributed by atoms with Gasteiger partial charge in [0, 0.05) is 0 Å². The van der Waals surface area contributed by atoms with Crippen molar-refractivity contribution in [3.63, 3.8) is 0 Å². The summed E-state index contributed by atoms with van der Waals surface area (Å²) in [5.74, 6) is 4.17. The SMILES string of the molecule is COc1ccc(-n2c(-c3ccco3)n[nH]c2=S)cc1.COc1ccc(-n2c(-c3ccco3)n[nH]c2=S)cc1. The van der Waals surface area contributed by atoms with Crippen LogP contribution in [0.15, 0.2) is 94.2 Å². The van der Waals surface area contributed by atoms with Gasteiger partial charge in [-0.2, -0.15) is 10.2 Å². The number of nitrogens with zero attached hydrogens (tertiary/aromatic N) is 4. The molecular weight excluding hydrogens is 524 g/mol. The van der Waals surface area contributed by atoms with Crippen molar-refractivity contribution in [1.29, 1.82) is 0 Å². The third-order valence-electron chi connectivity index (χ3n) is 5.49. The third kappa shape index (κ3) is 5.08. The molecule has 0 unspecified atom stereocenters. The lowest BCUT2D eigenvalue weighted by atomic mass is 10.3. The predicted octanol–water partition coefficient (Wildman–Crippen LogP) is 6.40. The molecule has 4 aromatic heterocycles. The number of hydrogen-bond donors (Lipinski definition) is 2. The average molecular weight is 547 g/mol. The molecule has 6 aromatic rings. The number of furan rings is 2. The van der Waals surface area contributed by atoms with Gasteiger partial charge in [0.1, 0.15) is 11.5 Å². The fourth-order valence-corrected chi connectivity index (χ4v) is 4.15. The maximum atomic E-state index is 5.37. The van der Waals surface area contributed by atoms with Crippen LogP contribution in [0.25, 0.3) is 34.5 Å². The number of methoxy groups -OCH3 is 2. The van der Waals surface area contributed by atoms with Crippen LogP contribution in [0.3, 0.4) is 0 Å². The summed E-state index contributed by atoms with van der Waals surface area (Å²) in [4.78, 5) is 0. The van der Waals surface area contributed by atoms with E-state index >= 15 is 0 Å². The maximum absolute atomic E-state index is 5.37. The van der Waals surface area contributed by atoms with Crippen molar-refractivity contribution in [2.45, 2.75) is 0 Å². The predicted molar refractivity (Wildman–Crippen MR) is 146 cm³/mol. The molecule has 0 saturated heterocycles. The lowest BCUT2D eigenvalue weighted by Gasteiger charge is -2.06. The second-order valence-electron chi connectivity index (χ2n) is 7.73. The van der Waals surface area contributed by atoms with Gasteiger partial charge in [-0.1, -0.05) is 0 Å². The van der Waals surface area contributed by atoms with Crippen molar-refractivity contribution in [3.8, 4) is 46.0 Å². The molecule has 0 aliphatic rings. The molecule has 38 heavy (non-hydrogen) atoms. The van der Waals surface area contributed by atoms with E-state index in [1.165, 1.54) is 0 Å². The highest BCUT2D eigenvalue weighted by molar-refractivity contribution is 7.71. The van der Waals surface area contributed by atoms with Crippen LogP contribution in [0.5, 0.6) is 11.5 Å². The average Bonchev–Trinajstić information content (AvgIpc) is 3.77. The number of H-pyrrole nitrogens is 2. The van der Waals surface area contributed by atoms with Crippen LogP contribution in [-0.4, -0.2) is 43.7 Å². The molecule has 2 aromatic carbocycles. The van der Waals surface area contributed by atoms with Crippen LogP contribution in [0, 0.1) is 9.54 Å². The van der Waals surface area contributed by atoms with Crippen LogP contribution in [0.1, 0.15) is 0 Å². The van der Waals surface area contributed by atoms with E-state index in [1.807, 2.05) is 81.9 Å². The summed E-state index contributed by atoms with van der Waals surface area (Å²) in [5.41, 5.74) is 1.79. The van der Waals surface area contributed by atoms with Gasteiger partial charge in [-0.25, -0.2) is 0 Å². The zero-order chi connectivity index (χ0) is 26.5. The lowest BCUT2D eigenvalue weighted by Crippen LogP contribution is -1.97. The Morgan fingerprint density at radius 1 is 0.632 bits per heavy atom. The Hall–Kier alpha value is -4.68. The molecule has 0 spiro atoms. The van der Waals surface area contributed by atoms with Gasteiger partial charge in [0.2, 0.25) is 11.6 Å². The van der Waals surface area contributed by atoms with E-state index in [4.69, 9.17) is 42.7 Å². The highest BCUT2D eigenvalue weighted by Crippen LogP contribution is 2.24. The standard InChI is InChI=1S/2C13H11N3O2S/c2*1-17-10-6-4-9(5-7-10)16-12(14-15-13(16)19)11-3-2-8-18-11/h2*2-8H,1H3,(H,15,19). The highest BCUT2D eigenvalue weighted by atomic mass is 32.1. The van der Waals surface area contributed by atoms with Crippen LogP contribution in [0.2, 0.25) is 0 Å². The van der Waals surface area contributed by atoms with Crippen molar-refractivity contribution in [2.75, 3.05) is 14.2 Å². The summed E-state index contributed by atoms with van der Waals surface area (Å²) in [6.07, 6.45) is 3.21. The van der Waals surface area contributed by atoms with E-state index < -0.39 is 0 Å². The van der Waals surface area contributed by atoms with Gasteiger partial charge in [0.05, 0.1) is 38.1 Å². The molecule has 0 bridgehead atoms. The maximum Gasteiger partial charge on any atom is 0.202 e. The first kappa shape index (κ1) is 25.0. The number of aromatic nitrogens is 6. The highest BCUT2D eigenvalue weighted by Gasteiger charge is 2.14. The van der Waals surface area contributed by atoms with Crippen molar-refractivity contribution < 1.29 is 18.3 Å². The topological polar surface area (TPSA) is 112 Å². The Bertz CT molecular complexity index is 1580. The Morgan fingerprint density at radius 2 is 1.03 bits per heavy atom. The van der Waals surface area contributed by atoms with E-state index in [2.05, 4.69) is 20.4 Å². The van der Waals surface area contributed by atoms with E-state index in [1.54, 1.807) is 26.7 Å². The summed E-state index contributed by atoms with van der Waals surface area (Å²) in [6.45, 7) is 0. The van der Waals surface area contributed by atoms with Crippen molar-refractivity contribution in [3.05, 3.63) is 94.9 Å². The summed E-state index contributed by atoms with van der Waals surface area (Å²) in [5, 5.41) is 14.0. The Kier molecular flexibility index (Phi) is 7.33. The Balaban J connectivity index is 0.000000155. The van der Waals surface area contributed by atoms with E-state index in [-0.39, 0.29) is 0 Å². The molecule has 0 atom stereocenters. The summed E-state index contributed by atoms with van der Waals surface area (Å²) >= 11 is 10.5. The van der Waals surface area contributed by atoms with E-state index in [9.17, 15) is 0 Å². The largest absolute Gasteiger partial charge is 0.497 e. The molecule has 0 saturated carbocycles. The first-order valence-corrected chi connectivity index (χ1v) is 12.1. The molecule has 0 fully saturated rings. The number of nitrogens with one attached hydrogen (secondary N) is 2. The quantitative estimate of drug-likeness (QED) is 0.231. The number of aromatic amines is 2. The molecule has 2 N–H and O–H groups in total. The number of hydrogen-bond acceptors (Lipinski definition) is 8. The van der Waals surface area contributed by atoms with Gasteiger partial charge >= 0.3 is 0 Å². The van der Waals surface area contributed by atoms with Crippen LogP contribution < -0.4 is 9.47 Å². The normalized spacial score (nSPS) is 10.6. The van der Waals surface area contributed by atoms with Crippen molar-refractivity contribution >= 4 is 24.4 Å². The first-order chi connectivity index (χ1) is 18.6. The molecule has 4 heterocycles. The van der Waals surface area contributed by atoms with Gasteiger partial charge in [-0.3, -0.25) is 19.3 Å². The minimum absolute atomic E-state index is 0.511. The monoisotopic (exact) mass is 546 g/mol. The molecule has 10 nitrogen and oxygen atoms in total. The number of rotatable bonds is 6. The van der Waals surface area contributed by atoms with Gasteiger partial charge in [-0.15, -0.1) is 0 Å². The Morgan fingerprint density at radius 3 is 1.34 bits per heavy atom. The molecule has 0 aliphatic heterocycles. The fraction of sp³-hybridized carbons (Fsp3) is 0.0769. The van der Waals surface area contributed by atoms with E-state index in [0.717, 1.165) is 22.9 Å². The summed E-state index contributed by atoms with van der Waals surface area (Å²) < 4.78 is 25.7. The fourth-order valence-electron chi connectivity index (χ4n) is 3.68. The first-order valence-electron chi connectivity index (χ1n) is 11.3. The number of ether oxygens (including phenoxy) is 2. The van der Waals surface area contributed by atoms with Gasteiger partial charge in [-0.05, 0) is 97.2 Å². The molecule has 0 aliphatic carbocycles. The minimum Gasteiger partial charge on any atom is -0.497 e. The summed E-state index contributed by atoms with van der Waals surface area (Å²) in [7, 11) is 3.26. The van der Waals surface area contributed by atoms with Crippen molar-refractivity contribution in [2.24, 2.45) is 0 Å². The molecule has 0 radical (unpaired) electrons. The minimum atomic E-state index is 0.511.